The molecule has 0 saturated heterocycles. The molecule has 0 radical (unpaired) electrons. The van der Waals surface area contributed by atoms with Gasteiger partial charge in [0.15, 0.2) is 6.29 Å². The van der Waals surface area contributed by atoms with E-state index >= 15 is 0 Å². The molecule has 0 saturated carbocycles. The molecule has 0 aromatic heterocycles. The number of benzene rings is 1. The Labute approximate surface area is 107 Å². The minimum absolute atomic E-state index is 0.228. The lowest BCUT2D eigenvalue weighted by Gasteiger charge is -2.16. The summed E-state index contributed by atoms with van der Waals surface area (Å²) in [5.41, 5.74) is 0.910. The van der Waals surface area contributed by atoms with Gasteiger partial charge in [-0.05, 0) is 13.0 Å². The zero-order valence-corrected chi connectivity index (χ0v) is 10.7. The highest BCUT2D eigenvalue weighted by Crippen LogP contribution is 2.20. The monoisotopic (exact) mass is 250 g/mol. The Morgan fingerprint density at radius 1 is 1.39 bits per heavy atom. The molecular weight excluding hydrogens is 232 g/mol. The summed E-state index contributed by atoms with van der Waals surface area (Å²) < 4.78 is 15.7. The Morgan fingerprint density at radius 3 is 2.78 bits per heavy atom. The van der Waals surface area contributed by atoms with Crippen LogP contribution in [-0.2, 0) is 14.3 Å². The first-order valence-electron chi connectivity index (χ1n) is 5.76. The molecule has 1 unspecified atom stereocenters. The van der Waals surface area contributed by atoms with Gasteiger partial charge in [-0.3, -0.25) is 4.79 Å². The molecule has 0 aliphatic carbocycles. The number of rotatable bonds is 7. The van der Waals surface area contributed by atoms with E-state index in [-0.39, 0.29) is 12.6 Å². The Balaban J connectivity index is 2.37. The fraction of sp³-hybridized carbons (Fsp3) is 0.357. The van der Waals surface area contributed by atoms with Crippen molar-refractivity contribution in [2.24, 2.45) is 0 Å². The summed E-state index contributed by atoms with van der Waals surface area (Å²) in [6.45, 7) is 7.39. The summed E-state index contributed by atoms with van der Waals surface area (Å²) in [6, 6.07) is 7.56. The van der Waals surface area contributed by atoms with Gasteiger partial charge >= 0.3 is 5.97 Å². The second-order valence-electron chi connectivity index (χ2n) is 3.64. The molecule has 1 atom stereocenters. The summed E-state index contributed by atoms with van der Waals surface area (Å²) in [5.74, 6) is 0.400. The smallest absolute Gasteiger partial charge is 0.302 e. The van der Waals surface area contributed by atoms with Gasteiger partial charge in [0.25, 0.3) is 0 Å². The van der Waals surface area contributed by atoms with Crippen LogP contribution in [0, 0.1) is 0 Å². The van der Waals surface area contributed by atoms with Gasteiger partial charge in [0.1, 0.15) is 12.4 Å². The first-order valence-corrected chi connectivity index (χ1v) is 5.76. The van der Waals surface area contributed by atoms with Crippen molar-refractivity contribution in [2.45, 2.75) is 20.1 Å². The van der Waals surface area contributed by atoms with Gasteiger partial charge in [-0.2, -0.15) is 0 Å². The molecule has 0 heterocycles. The Bertz CT molecular complexity index is 401. The van der Waals surface area contributed by atoms with Gasteiger partial charge in [0.2, 0.25) is 0 Å². The molecular formula is C14H18O4. The van der Waals surface area contributed by atoms with Crippen LogP contribution in [0.15, 0.2) is 30.8 Å². The van der Waals surface area contributed by atoms with Crippen LogP contribution in [0.1, 0.15) is 19.4 Å². The lowest BCUT2D eigenvalue weighted by molar-refractivity contribution is -0.145. The average Bonchev–Trinajstić information content (AvgIpc) is 2.35. The number of carbonyl (C=O) groups is 1. The van der Waals surface area contributed by atoms with Crippen molar-refractivity contribution < 1.29 is 19.0 Å². The maximum absolute atomic E-state index is 10.5. The summed E-state index contributed by atoms with van der Waals surface area (Å²) >= 11 is 0. The van der Waals surface area contributed by atoms with E-state index in [1.54, 1.807) is 13.0 Å². The Morgan fingerprint density at radius 2 is 2.11 bits per heavy atom. The molecule has 98 valence electrons. The van der Waals surface area contributed by atoms with Gasteiger partial charge < -0.3 is 14.2 Å². The molecule has 0 spiro atoms. The van der Waals surface area contributed by atoms with E-state index in [1.807, 2.05) is 24.3 Å². The van der Waals surface area contributed by atoms with E-state index < -0.39 is 6.29 Å². The maximum Gasteiger partial charge on any atom is 0.302 e. The first-order chi connectivity index (χ1) is 8.63. The van der Waals surface area contributed by atoms with E-state index in [0.717, 1.165) is 5.56 Å². The maximum atomic E-state index is 10.5. The lowest BCUT2D eigenvalue weighted by atomic mass is 10.2. The third kappa shape index (κ3) is 5.01. The third-order valence-corrected chi connectivity index (χ3v) is 2.17. The van der Waals surface area contributed by atoms with Crippen LogP contribution in [0.25, 0.3) is 6.08 Å². The summed E-state index contributed by atoms with van der Waals surface area (Å²) in [7, 11) is 0. The first kappa shape index (κ1) is 14.3. The SMILES string of the molecule is C=Cc1ccccc1OC(C)OCCOC(C)=O. The van der Waals surface area contributed by atoms with Crippen LogP contribution in [0.2, 0.25) is 0 Å². The van der Waals surface area contributed by atoms with Crippen molar-refractivity contribution in [3.63, 3.8) is 0 Å². The molecule has 4 heteroatoms. The normalized spacial score (nSPS) is 11.7. The van der Waals surface area contributed by atoms with Crippen LogP contribution in [0.3, 0.4) is 0 Å². The van der Waals surface area contributed by atoms with Gasteiger partial charge in [-0.25, -0.2) is 0 Å². The summed E-state index contributed by atoms with van der Waals surface area (Å²) in [4.78, 5) is 10.5. The number of ether oxygens (including phenoxy) is 3. The van der Waals surface area contributed by atoms with Crippen molar-refractivity contribution in [3.05, 3.63) is 36.4 Å². The van der Waals surface area contributed by atoms with Crippen molar-refractivity contribution in [2.75, 3.05) is 13.2 Å². The van der Waals surface area contributed by atoms with Crippen LogP contribution in [-0.4, -0.2) is 25.5 Å². The van der Waals surface area contributed by atoms with E-state index in [2.05, 4.69) is 6.58 Å². The molecule has 0 aliphatic heterocycles. The fourth-order valence-electron chi connectivity index (χ4n) is 1.37. The third-order valence-electron chi connectivity index (χ3n) is 2.17. The largest absolute Gasteiger partial charge is 0.465 e. The second kappa shape index (κ2) is 7.50. The van der Waals surface area contributed by atoms with Crippen molar-refractivity contribution in [1.82, 2.24) is 0 Å². The van der Waals surface area contributed by atoms with Crippen LogP contribution in [0.4, 0.5) is 0 Å². The van der Waals surface area contributed by atoms with Gasteiger partial charge in [0.05, 0.1) is 6.61 Å². The molecule has 0 bridgehead atoms. The van der Waals surface area contributed by atoms with Gasteiger partial charge in [0, 0.05) is 12.5 Å². The van der Waals surface area contributed by atoms with Crippen LogP contribution < -0.4 is 4.74 Å². The van der Waals surface area contributed by atoms with E-state index in [1.165, 1.54) is 6.92 Å². The van der Waals surface area contributed by atoms with Gasteiger partial charge in [-0.1, -0.05) is 30.9 Å². The zero-order chi connectivity index (χ0) is 13.4. The average molecular weight is 250 g/mol. The molecule has 1 aromatic carbocycles. The van der Waals surface area contributed by atoms with E-state index in [4.69, 9.17) is 14.2 Å². The predicted octanol–water partition coefficient (Wildman–Crippen LogP) is 2.63. The second-order valence-corrected chi connectivity index (χ2v) is 3.64. The quantitative estimate of drug-likeness (QED) is 0.424. The summed E-state index contributed by atoms with van der Waals surface area (Å²) in [5, 5.41) is 0. The Hall–Kier alpha value is -1.81. The molecule has 0 fully saturated rings. The van der Waals surface area contributed by atoms with Gasteiger partial charge in [-0.15, -0.1) is 0 Å². The standard InChI is InChI=1S/C14H18O4/c1-4-13-7-5-6-8-14(13)18-12(3)17-10-9-16-11(2)15/h4-8,12H,1,9-10H2,2-3H3. The number of para-hydroxylation sites is 1. The Kier molecular flexibility index (Phi) is 5.94. The highest BCUT2D eigenvalue weighted by Gasteiger charge is 2.06. The summed E-state index contributed by atoms with van der Waals surface area (Å²) in [6.07, 6.45) is 1.31. The number of hydrogen-bond donors (Lipinski definition) is 0. The van der Waals surface area contributed by atoms with E-state index in [0.29, 0.717) is 12.4 Å². The van der Waals surface area contributed by atoms with E-state index in [9.17, 15) is 4.79 Å². The van der Waals surface area contributed by atoms with Crippen LogP contribution >= 0.6 is 0 Å². The minimum Gasteiger partial charge on any atom is -0.465 e. The fourth-order valence-corrected chi connectivity index (χ4v) is 1.37. The number of esters is 1. The molecule has 0 aliphatic rings. The highest BCUT2D eigenvalue weighted by molar-refractivity contribution is 5.65. The minimum atomic E-state index is -0.415. The van der Waals surface area contributed by atoms with Crippen molar-refractivity contribution in [1.29, 1.82) is 0 Å². The van der Waals surface area contributed by atoms with Crippen molar-refractivity contribution in [3.8, 4) is 5.75 Å². The zero-order valence-electron chi connectivity index (χ0n) is 10.7. The number of hydrogen-bond acceptors (Lipinski definition) is 4. The van der Waals surface area contributed by atoms with Crippen molar-refractivity contribution >= 4 is 12.0 Å². The predicted molar refractivity (Wildman–Crippen MR) is 69.2 cm³/mol. The molecule has 1 rings (SSSR count). The molecule has 18 heavy (non-hydrogen) atoms. The lowest BCUT2D eigenvalue weighted by Crippen LogP contribution is -2.20. The highest BCUT2D eigenvalue weighted by atomic mass is 16.7. The molecule has 0 N–H and O–H groups in total. The molecule has 0 amide bonds. The number of carbonyl (C=O) groups excluding carboxylic acids is 1. The topological polar surface area (TPSA) is 44.8 Å². The van der Waals surface area contributed by atoms with Crippen LogP contribution in [0.5, 0.6) is 5.75 Å². The molecule has 1 aromatic rings. The molecule has 4 nitrogen and oxygen atoms in total.